The SMILES string of the molecule is CCCCCCCCCCCCCCCCC(=O)OCC(COP(=O)(O)OCCN)OC(=O)CCCCCCCCNc1nccnc1C(=O)N[C@@H](Cc1ccccc1)C(=O)N[C@@H](CC(C)C)B(O)O. The normalized spacial score (nSPS) is 13.5. The lowest BCUT2D eigenvalue weighted by atomic mass is 9.75. The summed E-state index contributed by atoms with van der Waals surface area (Å²) in [6, 6.07) is 8.13. The van der Waals surface area contributed by atoms with Crippen molar-refractivity contribution in [3.8, 4) is 0 Å². The quantitative estimate of drug-likeness (QED) is 0.0144. The van der Waals surface area contributed by atoms with Crippen LogP contribution in [0.4, 0.5) is 5.82 Å². The molecule has 18 nitrogen and oxygen atoms in total. The highest BCUT2D eigenvalue weighted by atomic mass is 31.2. The summed E-state index contributed by atoms with van der Waals surface area (Å²) >= 11 is 0. The number of nitrogens with zero attached hydrogens (tertiary/aromatic N) is 2. The largest absolute Gasteiger partial charge is 0.475 e. The third kappa shape index (κ3) is 30.7. The third-order valence-corrected chi connectivity index (χ3v) is 12.6. The van der Waals surface area contributed by atoms with E-state index in [1.807, 2.05) is 44.2 Å². The van der Waals surface area contributed by atoms with Crippen LogP contribution in [0.1, 0.15) is 185 Å². The Morgan fingerprint density at radius 3 is 1.86 bits per heavy atom. The molecule has 396 valence electrons. The number of phosphoric acid groups is 1. The smallest absolute Gasteiger partial charge is 0.462 e. The number of rotatable bonds is 43. The van der Waals surface area contributed by atoms with E-state index in [2.05, 4.69) is 32.8 Å². The Hall–Kier alpha value is -3.97. The van der Waals surface area contributed by atoms with Crippen LogP contribution in [0, 0.1) is 5.92 Å². The lowest BCUT2D eigenvalue weighted by Crippen LogP contribution is -2.55. The number of nitrogens with one attached hydrogen (secondary N) is 3. The Kier molecular flexibility index (Phi) is 34.3. The van der Waals surface area contributed by atoms with Crippen molar-refractivity contribution in [2.24, 2.45) is 11.7 Å². The zero-order chi connectivity index (χ0) is 51.2. The fourth-order valence-corrected chi connectivity index (χ4v) is 8.50. The lowest BCUT2D eigenvalue weighted by Gasteiger charge is -2.24. The fraction of sp³-hybridized carbons (Fsp3) is 0.720. The minimum atomic E-state index is -4.46. The van der Waals surface area contributed by atoms with Crippen molar-refractivity contribution in [1.29, 1.82) is 0 Å². The van der Waals surface area contributed by atoms with Gasteiger partial charge in [0.25, 0.3) is 5.91 Å². The monoisotopic (exact) mass is 1000 g/mol. The van der Waals surface area contributed by atoms with Crippen LogP contribution in [-0.2, 0) is 43.9 Å². The summed E-state index contributed by atoms with van der Waals surface area (Å²) in [6.45, 7) is 5.51. The number of phosphoric ester groups is 1. The van der Waals surface area contributed by atoms with Crippen LogP contribution in [0.3, 0.4) is 0 Å². The number of hydrogen-bond donors (Lipinski definition) is 7. The third-order valence-electron chi connectivity index (χ3n) is 11.6. The van der Waals surface area contributed by atoms with Gasteiger partial charge in [0.15, 0.2) is 17.6 Å². The molecule has 2 unspecified atom stereocenters. The van der Waals surface area contributed by atoms with Gasteiger partial charge in [-0.2, -0.15) is 0 Å². The second-order valence-electron chi connectivity index (χ2n) is 18.5. The summed E-state index contributed by atoms with van der Waals surface area (Å²) in [5.74, 6) is -2.75. The van der Waals surface area contributed by atoms with Gasteiger partial charge in [0.05, 0.1) is 19.2 Å². The molecule has 4 atom stereocenters. The predicted molar refractivity (Wildman–Crippen MR) is 272 cm³/mol. The molecular formula is C50H86BN6O12P. The first-order valence-electron chi connectivity index (χ1n) is 26.0. The van der Waals surface area contributed by atoms with Crippen LogP contribution in [-0.4, -0.2) is 107 Å². The summed E-state index contributed by atoms with van der Waals surface area (Å²) in [7, 11) is -6.24. The highest BCUT2D eigenvalue weighted by Crippen LogP contribution is 2.43. The maximum absolute atomic E-state index is 13.6. The van der Waals surface area contributed by atoms with Gasteiger partial charge in [-0.3, -0.25) is 28.2 Å². The number of carbonyl (C=O) groups excluding carboxylic acids is 4. The van der Waals surface area contributed by atoms with Gasteiger partial charge < -0.3 is 46.1 Å². The number of nitrogens with two attached hydrogens (primary N) is 1. The summed E-state index contributed by atoms with van der Waals surface area (Å²) in [6.07, 6.45) is 24.0. The summed E-state index contributed by atoms with van der Waals surface area (Å²) in [5, 5.41) is 28.5. The van der Waals surface area contributed by atoms with Crippen LogP contribution in [0.2, 0.25) is 0 Å². The van der Waals surface area contributed by atoms with Crippen molar-refractivity contribution in [3.63, 3.8) is 0 Å². The molecular weight excluding hydrogens is 918 g/mol. The number of esters is 2. The Labute approximate surface area is 417 Å². The number of anilines is 1. The maximum Gasteiger partial charge on any atom is 0.475 e. The number of aromatic nitrogens is 2. The van der Waals surface area contributed by atoms with E-state index in [1.165, 1.54) is 76.6 Å². The summed E-state index contributed by atoms with van der Waals surface area (Å²) in [5.41, 5.74) is 6.18. The number of carbonyl (C=O) groups is 4. The molecule has 1 aromatic heterocycles. The van der Waals surface area contributed by atoms with Crippen molar-refractivity contribution in [1.82, 2.24) is 20.6 Å². The fourth-order valence-electron chi connectivity index (χ4n) is 7.74. The lowest BCUT2D eigenvalue weighted by molar-refractivity contribution is -0.161. The number of benzene rings is 1. The van der Waals surface area contributed by atoms with E-state index < -0.39 is 63.4 Å². The Morgan fingerprint density at radius 1 is 0.729 bits per heavy atom. The van der Waals surface area contributed by atoms with E-state index in [1.54, 1.807) is 0 Å². The van der Waals surface area contributed by atoms with Gasteiger partial charge in [-0.25, -0.2) is 14.5 Å². The van der Waals surface area contributed by atoms with Crippen molar-refractivity contribution < 1.29 is 57.2 Å². The molecule has 0 saturated carbocycles. The highest BCUT2D eigenvalue weighted by Gasteiger charge is 2.31. The standard InChI is InChI=1S/C50H86BN6O12P/c1-4-5-6-7-8-9-10-11-12-13-14-15-18-24-29-45(58)66-38-42(39-68-70(64,65)67-35-31-52)69-46(59)30-25-19-16-17-20-26-32-54-48-47(53-33-34-55-48)50(61)56-43(37-41-27-22-21-23-28-41)49(60)57-44(51(62)63)36-40(2)3/h21-23,27-28,33-34,40,42-44,62-63H,4-20,24-26,29-32,35-39,52H2,1-3H3,(H,54,55)(H,56,61)(H,57,60)(H,64,65)/t42?,43-,44-/m0/s1. The van der Waals surface area contributed by atoms with E-state index in [-0.39, 0.29) is 56.5 Å². The van der Waals surface area contributed by atoms with Crippen LogP contribution in [0.5, 0.6) is 0 Å². The zero-order valence-electron chi connectivity index (χ0n) is 42.4. The van der Waals surface area contributed by atoms with Gasteiger partial charge in [0.1, 0.15) is 12.6 Å². The minimum Gasteiger partial charge on any atom is -0.462 e. The highest BCUT2D eigenvalue weighted by molar-refractivity contribution is 7.47. The molecule has 0 radical (unpaired) electrons. The summed E-state index contributed by atoms with van der Waals surface area (Å²) in [4.78, 5) is 70.9. The molecule has 0 bridgehead atoms. The Bertz CT molecular complexity index is 1770. The molecule has 20 heteroatoms. The molecule has 0 fully saturated rings. The molecule has 2 aromatic rings. The Balaban J connectivity index is 1.74. The van der Waals surface area contributed by atoms with Gasteiger partial charge in [-0.1, -0.05) is 160 Å². The Morgan fingerprint density at radius 2 is 1.29 bits per heavy atom. The topological polar surface area (TPSA) is 271 Å². The van der Waals surface area contributed by atoms with E-state index in [0.29, 0.717) is 25.8 Å². The van der Waals surface area contributed by atoms with E-state index >= 15 is 0 Å². The molecule has 1 heterocycles. The van der Waals surface area contributed by atoms with Gasteiger partial charge in [-0.15, -0.1) is 0 Å². The number of amides is 2. The average Bonchev–Trinajstić information content (AvgIpc) is 3.33. The predicted octanol–water partition coefficient (Wildman–Crippen LogP) is 7.92. The average molecular weight is 1010 g/mol. The zero-order valence-corrected chi connectivity index (χ0v) is 43.3. The van der Waals surface area contributed by atoms with E-state index in [0.717, 1.165) is 56.9 Å². The van der Waals surface area contributed by atoms with Crippen LogP contribution in [0.15, 0.2) is 42.7 Å². The second kappa shape index (κ2) is 38.7. The molecule has 0 aliphatic rings. The van der Waals surface area contributed by atoms with Crippen molar-refractivity contribution in [3.05, 3.63) is 54.0 Å². The molecule has 2 rings (SSSR count). The molecule has 0 spiro atoms. The first-order chi connectivity index (χ1) is 33.7. The van der Waals surface area contributed by atoms with Gasteiger partial charge in [0, 0.05) is 44.7 Å². The first kappa shape index (κ1) is 62.2. The number of hydrogen-bond acceptors (Lipinski definition) is 15. The molecule has 1 aromatic carbocycles. The molecule has 0 saturated heterocycles. The molecule has 70 heavy (non-hydrogen) atoms. The van der Waals surface area contributed by atoms with Crippen LogP contribution < -0.4 is 21.7 Å². The molecule has 0 aliphatic carbocycles. The number of unbranched alkanes of at least 4 members (excludes halogenated alkanes) is 18. The number of ether oxygens (including phenoxy) is 2. The van der Waals surface area contributed by atoms with Crippen molar-refractivity contribution >= 4 is 44.5 Å². The van der Waals surface area contributed by atoms with E-state index in [4.69, 9.17) is 24.3 Å². The van der Waals surface area contributed by atoms with Crippen LogP contribution in [0.25, 0.3) is 0 Å². The summed E-state index contributed by atoms with van der Waals surface area (Å²) < 4.78 is 32.9. The van der Waals surface area contributed by atoms with Gasteiger partial charge in [0.2, 0.25) is 5.91 Å². The van der Waals surface area contributed by atoms with Crippen molar-refractivity contribution in [2.75, 3.05) is 38.2 Å². The maximum atomic E-state index is 13.6. The molecule has 8 N–H and O–H groups in total. The first-order valence-corrected chi connectivity index (χ1v) is 27.5. The second-order valence-corrected chi connectivity index (χ2v) is 19.9. The van der Waals surface area contributed by atoms with Crippen molar-refractivity contribution in [2.45, 2.75) is 193 Å². The van der Waals surface area contributed by atoms with E-state index in [9.17, 15) is 38.7 Å². The minimum absolute atomic E-state index is 0.00552. The molecule has 2 amide bonds. The van der Waals surface area contributed by atoms with Gasteiger partial charge >= 0.3 is 26.9 Å². The molecule has 0 aliphatic heterocycles. The van der Waals surface area contributed by atoms with Gasteiger partial charge in [-0.05, 0) is 37.2 Å². The van der Waals surface area contributed by atoms with Crippen LogP contribution >= 0.6 is 7.82 Å².